The van der Waals surface area contributed by atoms with Gasteiger partial charge in [0.05, 0.1) is 5.92 Å². The quantitative estimate of drug-likeness (QED) is 0.438. The largest absolute Gasteiger partial charge is 0.399 e. The van der Waals surface area contributed by atoms with Crippen LogP contribution in [0.5, 0.6) is 0 Å². The summed E-state index contributed by atoms with van der Waals surface area (Å²) in [7, 11) is 0. The molecule has 0 fully saturated rings. The molecule has 35 heavy (non-hydrogen) atoms. The monoisotopic (exact) mass is 475 g/mol. The molecule has 0 bridgehead atoms. The molecule has 4 aromatic rings. The van der Waals surface area contributed by atoms with Crippen molar-refractivity contribution >= 4 is 41.0 Å². The summed E-state index contributed by atoms with van der Waals surface area (Å²) in [5.74, 6) is -0.894. The lowest BCUT2D eigenvalue weighted by molar-refractivity contribution is -0.120. The number of halogens is 1. The van der Waals surface area contributed by atoms with Crippen molar-refractivity contribution in [2.45, 2.75) is 18.3 Å². The lowest BCUT2D eigenvalue weighted by Gasteiger charge is -2.28. The SMILES string of the molecule is Nc1cccc(C2C=c3ccc4c(c3C(Cc3ccc(Cl)cc3)C2=O)C(=O)C=c2ccccc2=4)c1. The zero-order valence-corrected chi connectivity index (χ0v) is 19.6. The Hall–Kier alpha value is -3.95. The second-order valence-corrected chi connectivity index (χ2v) is 9.62. The number of rotatable bonds is 3. The van der Waals surface area contributed by atoms with Crippen LogP contribution in [0.15, 0.2) is 84.9 Å². The Kier molecular flexibility index (Phi) is 5.16. The molecule has 0 saturated heterocycles. The van der Waals surface area contributed by atoms with E-state index >= 15 is 0 Å². The minimum Gasteiger partial charge on any atom is -0.399 e. The maximum absolute atomic E-state index is 14.1. The standard InChI is InChI=1S/C31H22ClNO2/c32-22-11-8-18(9-12-22)14-27-29-21(16-26(31(27)35)19-5-3-6-23(33)15-19)10-13-25-24-7-2-1-4-20(24)17-28(34)30(25)29/h1-13,15-17,26-27H,14,33H2. The molecule has 4 aromatic carbocycles. The fraction of sp³-hybridized carbons (Fsp3) is 0.0968. The van der Waals surface area contributed by atoms with Crippen LogP contribution in [0.3, 0.4) is 0 Å². The number of benzene rings is 4. The third-order valence-corrected chi connectivity index (χ3v) is 7.28. The summed E-state index contributed by atoms with van der Waals surface area (Å²) < 4.78 is 0. The number of hydrogen-bond acceptors (Lipinski definition) is 3. The summed E-state index contributed by atoms with van der Waals surface area (Å²) in [5.41, 5.74) is 9.98. The van der Waals surface area contributed by atoms with Crippen LogP contribution in [0.2, 0.25) is 5.02 Å². The number of nitrogens with two attached hydrogens (primary N) is 1. The number of Topliss-reactive ketones (excluding diaryl/α,β-unsaturated/α-hetero) is 2. The first kappa shape index (κ1) is 21.6. The number of nitrogen functional groups attached to an aromatic ring is 1. The van der Waals surface area contributed by atoms with Gasteiger partial charge in [-0.2, -0.15) is 0 Å². The van der Waals surface area contributed by atoms with Crippen molar-refractivity contribution in [1.29, 1.82) is 0 Å². The third kappa shape index (κ3) is 3.69. The lowest BCUT2D eigenvalue weighted by atomic mass is 9.73. The Morgan fingerprint density at radius 3 is 2.40 bits per heavy atom. The van der Waals surface area contributed by atoms with Crippen LogP contribution in [0.25, 0.3) is 12.2 Å². The molecule has 6 rings (SSSR count). The number of anilines is 1. The highest BCUT2D eigenvalue weighted by atomic mass is 35.5. The minimum atomic E-state index is -0.472. The average Bonchev–Trinajstić information content (AvgIpc) is 2.86. The smallest absolute Gasteiger partial charge is 0.187 e. The zero-order chi connectivity index (χ0) is 24.1. The van der Waals surface area contributed by atoms with Gasteiger partial charge in [-0.15, -0.1) is 0 Å². The topological polar surface area (TPSA) is 60.2 Å². The fourth-order valence-corrected chi connectivity index (χ4v) is 5.55. The summed E-state index contributed by atoms with van der Waals surface area (Å²) in [4.78, 5) is 27.5. The van der Waals surface area contributed by atoms with E-state index in [0.29, 0.717) is 22.7 Å². The second-order valence-electron chi connectivity index (χ2n) is 9.19. The van der Waals surface area contributed by atoms with Crippen molar-refractivity contribution in [3.05, 3.63) is 133 Å². The van der Waals surface area contributed by atoms with Gasteiger partial charge in [0.25, 0.3) is 0 Å². The van der Waals surface area contributed by atoms with Gasteiger partial charge in [0, 0.05) is 22.2 Å². The molecule has 0 amide bonds. The van der Waals surface area contributed by atoms with Crippen molar-refractivity contribution in [3.8, 4) is 0 Å². The predicted molar refractivity (Wildman–Crippen MR) is 140 cm³/mol. The molecule has 2 atom stereocenters. The van der Waals surface area contributed by atoms with Crippen molar-refractivity contribution < 1.29 is 9.59 Å². The Balaban J connectivity index is 1.64. The van der Waals surface area contributed by atoms with Gasteiger partial charge in [0.2, 0.25) is 0 Å². The normalized spacial score (nSPS) is 18.1. The molecule has 2 unspecified atom stereocenters. The first-order chi connectivity index (χ1) is 17.0. The van der Waals surface area contributed by atoms with Crippen LogP contribution in [0.1, 0.15) is 38.9 Å². The van der Waals surface area contributed by atoms with Crippen molar-refractivity contribution in [3.63, 3.8) is 0 Å². The van der Waals surface area contributed by atoms with Gasteiger partial charge in [-0.3, -0.25) is 9.59 Å². The molecule has 2 N–H and O–H groups in total. The van der Waals surface area contributed by atoms with E-state index < -0.39 is 11.8 Å². The van der Waals surface area contributed by atoms with Gasteiger partial charge < -0.3 is 5.73 Å². The van der Waals surface area contributed by atoms with Gasteiger partial charge in [-0.1, -0.05) is 78.3 Å². The molecule has 0 aromatic heterocycles. The highest BCUT2D eigenvalue weighted by Gasteiger charge is 2.35. The van der Waals surface area contributed by atoms with Crippen LogP contribution < -0.4 is 16.2 Å². The van der Waals surface area contributed by atoms with E-state index in [1.165, 1.54) is 0 Å². The molecule has 0 aliphatic heterocycles. The summed E-state index contributed by atoms with van der Waals surface area (Å²) in [6.45, 7) is 0. The number of ketones is 2. The first-order valence-corrected chi connectivity index (χ1v) is 12.0. The summed E-state index contributed by atoms with van der Waals surface area (Å²) >= 11 is 6.11. The molecule has 0 spiro atoms. The number of carbonyl (C=O) groups is 2. The average molecular weight is 476 g/mol. The van der Waals surface area contributed by atoms with Crippen molar-refractivity contribution in [2.75, 3.05) is 5.73 Å². The Morgan fingerprint density at radius 1 is 0.800 bits per heavy atom. The van der Waals surface area contributed by atoms with Crippen LogP contribution in [0.4, 0.5) is 5.69 Å². The maximum Gasteiger partial charge on any atom is 0.187 e. The Morgan fingerprint density at radius 2 is 1.60 bits per heavy atom. The molecule has 4 heteroatoms. The Bertz CT molecular complexity index is 1740. The van der Waals surface area contributed by atoms with Crippen LogP contribution in [0, 0.1) is 10.4 Å². The van der Waals surface area contributed by atoms with E-state index in [2.05, 4.69) is 0 Å². The van der Waals surface area contributed by atoms with E-state index in [0.717, 1.165) is 37.6 Å². The van der Waals surface area contributed by atoms with Crippen molar-refractivity contribution in [1.82, 2.24) is 0 Å². The second kappa shape index (κ2) is 8.37. The number of hydrogen-bond donors (Lipinski definition) is 1. The van der Waals surface area contributed by atoms with E-state index in [4.69, 9.17) is 17.3 Å². The van der Waals surface area contributed by atoms with Crippen molar-refractivity contribution in [2.24, 2.45) is 0 Å². The third-order valence-electron chi connectivity index (χ3n) is 7.03. The predicted octanol–water partition coefficient (Wildman–Crippen LogP) is 4.66. The maximum atomic E-state index is 14.1. The van der Waals surface area contributed by atoms with Crippen LogP contribution >= 0.6 is 11.6 Å². The van der Waals surface area contributed by atoms with Gasteiger partial charge in [0.15, 0.2) is 11.6 Å². The van der Waals surface area contributed by atoms with Crippen LogP contribution in [-0.2, 0) is 11.2 Å². The Labute approximate surface area is 207 Å². The first-order valence-electron chi connectivity index (χ1n) is 11.6. The molecule has 170 valence electrons. The molecule has 2 aliphatic carbocycles. The molecule has 0 radical (unpaired) electrons. The van der Waals surface area contributed by atoms with Crippen LogP contribution in [-0.4, -0.2) is 11.6 Å². The number of fused-ring (bicyclic) bond motifs is 4. The molecular weight excluding hydrogens is 454 g/mol. The summed E-state index contributed by atoms with van der Waals surface area (Å²) in [6.07, 6.45) is 4.16. The van der Waals surface area contributed by atoms with E-state index in [1.54, 1.807) is 6.08 Å². The summed E-state index contributed by atoms with van der Waals surface area (Å²) in [5, 5.41) is 4.38. The lowest BCUT2D eigenvalue weighted by Crippen LogP contribution is -2.35. The fourth-order valence-electron chi connectivity index (χ4n) is 5.42. The number of carbonyl (C=O) groups excluding carboxylic acids is 2. The van der Waals surface area contributed by atoms with Gasteiger partial charge in [0.1, 0.15) is 0 Å². The molecule has 3 nitrogen and oxygen atoms in total. The van der Waals surface area contributed by atoms with E-state index in [9.17, 15) is 9.59 Å². The van der Waals surface area contributed by atoms with Gasteiger partial charge in [-0.05, 0) is 74.3 Å². The summed E-state index contributed by atoms with van der Waals surface area (Å²) in [6, 6.07) is 27.0. The van der Waals surface area contributed by atoms with Gasteiger partial charge >= 0.3 is 0 Å². The molecule has 2 aliphatic rings. The van der Waals surface area contributed by atoms with E-state index in [-0.39, 0.29) is 11.6 Å². The molecular formula is C31H22ClNO2. The minimum absolute atomic E-state index is 0.0553. The van der Waals surface area contributed by atoms with Gasteiger partial charge in [-0.25, -0.2) is 0 Å². The van der Waals surface area contributed by atoms with E-state index in [1.807, 2.05) is 91.0 Å². The highest BCUT2D eigenvalue weighted by molar-refractivity contribution is 6.30. The molecule has 0 heterocycles. The molecule has 0 saturated carbocycles. The highest BCUT2D eigenvalue weighted by Crippen LogP contribution is 2.35. The zero-order valence-electron chi connectivity index (χ0n) is 18.9.